The van der Waals surface area contributed by atoms with E-state index in [-0.39, 0.29) is 24.5 Å². The standard InChI is InChI=1S/C20H20F3N3O2/c1-3-11-26(16-7-5-4-6-8-16)19(28)13-24-18-10-9-15(25-14(2)27)12-17(18)20(21,22)23/h3-10,12,24H,1,11,13H2,2H3,(H,25,27). The van der Waals surface area contributed by atoms with Crippen molar-refractivity contribution in [3.05, 3.63) is 66.7 Å². The number of para-hydroxylation sites is 1. The first-order valence-electron chi connectivity index (χ1n) is 8.41. The van der Waals surface area contributed by atoms with E-state index in [2.05, 4.69) is 17.2 Å². The molecule has 2 amide bonds. The number of carbonyl (C=O) groups is 2. The summed E-state index contributed by atoms with van der Waals surface area (Å²) >= 11 is 0. The van der Waals surface area contributed by atoms with E-state index in [1.165, 1.54) is 30.0 Å². The van der Waals surface area contributed by atoms with Crippen molar-refractivity contribution in [3.63, 3.8) is 0 Å². The van der Waals surface area contributed by atoms with E-state index >= 15 is 0 Å². The van der Waals surface area contributed by atoms with Crippen LogP contribution >= 0.6 is 0 Å². The highest BCUT2D eigenvalue weighted by Gasteiger charge is 2.34. The van der Waals surface area contributed by atoms with E-state index in [0.717, 1.165) is 6.07 Å². The number of hydrogen-bond acceptors (Lipinski definition) is 3. The molecular formula is C20H20F3N3O2. The third-order valence-corrected chi connectivity index (χ3v) is 3.76. The summed E-state index contributed by atoms with van der Waals surface area (Å²) < 4.78 is 40.1. The van der Waals surface area contributed by atoms with Gasteiger partial charge in [-0.2, -0.15) is 13.2 Å². The summed E-state index contributed by atoms with van der Waals surface area (Å²) in [5.41, 5.74) is -0.580. The predicted molar refractivity (Wildman–Crippen MR) is 103 cm³/mol. The van der Waals surface area contributed by atoms with E-state index in [0.29, 0.717) is 5.69 Å². The summed E-state index contributed by atoms with van der Waals surface area (Å²) in [6.45, 7) is 4.69. The summed E-state index contributed by atoms with van der Waals surface area (Å²) in [4.78, 5) is 25.1. The maximum Gasteiger partial charge on any atom is 0.418 e. The van der Waals surface area contributed by atoms with Crippen LogP contribution in [0.15, 0.2) is 61.2 Å². The van der Waals surface area contributed by atoms with Gasteiger partial charge in [0.15, 0.2) is 0 Å². The lowest BCUT2D eigenvalue weighted by atomic mass is 10.1. The lowest BCUT2D eigenvalue weighted by Crippen LogP contribution is -2.36. The summed E-state index contributed by atoms with van der Waals surface area (Å²) in [7, 11) is 0. The number of amides is 2. The molecule has 0 bridgehead atoms. The first-order chi connectivity index (χ1) is 13.2. The van der Waals surface area contributed by atoms with Gasteiger partial charge in [-0.3, -0.25) is 9.59 Å². The minimum absolute atomic E-state index is 0.0225. The summed E-state index contributed by atoms with van der Waals surface area (Å²) in [5.74, 6) is -0.892. The summed E-state index contributed by atoms with van der Waals surface area (Å²) in [6, 6.07) is 12.1. The van der Waals surface area contributed by atoms with E-state index in [1.807, 2.05) is 0 Å². The van der Waals surface area contributed by atoms with Crippen molar-refractivity contribution >= 4 is 28.9 Å². The largest absolute Gasteiger partial charge is 0.418 e. The van der Waals surface area contributed by atoms with E-state index in [4.69, 9.17) is 0 Å². The van der Waals surface area contributed by atoms with Crippen LogP contribution in [0.3, 0.4) is 0 Å². The summed E-state index contributed by atoms with van der Waals surface area (Å²) in [5, 5.41) is 4.86. The molecule has 0 spiro atoms. The van der Waals surface area contributed by atoms with Crippen molar-refractivity contribution in [2.45, 2.75) is 13.1 Å². The number of nitrogens with zero attached hydrogens (tertiary/aromatic N) is 1. The molecule has 0 heterocycles. The number of benzene rings is 2. The molecule has 2 aromatic carbocycles. The molecule has 0 fully saturated rings. The Balaban J connectivity index is 2.21. The van der Waals surface area contributed by atoms with Gasteiger partial charge in [-0.1, -0.05) is 24.3 Å². The van der Waals surface area contributed by atoms with E-state index < -0.39 is 23.6 Å². The third-order valence-electron chi connectivity index (χ3n) is 3.76. The SMILES string of the molecule is C=CCN(C(=O)CNc1ccc(NC(C)=O)cc1C(F)(F)F)c1ccccc1. The fourth-order valence-electron chi connectivity index (χ4n) is 2.57. The van der Waals surface area contributed by atoms with Crippen LogP contribution in [0, 0.1) is 0 Å². The van der Waals surface area contributed by atoms with Gasteiger partial charge in [0.05, 0.1) is 12.1 Å². The van der Waals surface area contributed by atoms with Gasteiger partial charge >= 0.3 is 6.18 Å². The quantitative estimate of drug-likeness (QED) is 0.692. The molecule has 0 aliphatic heterocycles. The Morgan fingerprint density at radius 3 is 2.39 bits per heavy atom. The van der Waals surface area contributed by atoms with Crippen molar-refractivity contribution in [1.29, 1.82) is 0 Å². The Labute approximate surface area is 160 Å². The first-order valence-corrected chi connectivity index (χ1v) is 8.41. The van der Waals surface area contributed by atoms with Gasteiger partial charge in [-0.05, 0) is 30.3 Å². The molecule has 0 saturated heterocycles. The fraction of sp³-hybridized carbons (Fsp3) is 0.200. The molecule has 0 aliphatic rings. The monoisotopic (exact) mass is 391 g/mol. The normalized spacial score (nSPS) is 10.9. The van der Waals surface area contributed by atoms with Crippen LogP contribution in [0.2, 0.25) is 0 Å². The average Bonchev–Trinajstić information content (AvgIpc) is 2.64. The minimum atomic E-state index is -4.65. The van der Waals surface area contributed by atoms with Crippen LogP contribution in [0.25, 0.3) is 0 Å². The Kier molecular flexibility index (Phi) is 6.81. The number of halogens is 3. The van der Waals surface area contributed by atoms with Crippen molar-refractivity contribution < 1.29 is 22.8 Å². The molecule has 0 aliphatic carbocycles. The zero-order valence-corrected chi connectivity index (χ0v) is 15.2. The Morgan fingerprint density at radius 1 is 1.14 bits per heavy atom. The lowest BCUT2D eigenvalue weighted by Gasteiger charge is -2.22. The van der Waals surface area contributed by atoms with Crippen LogP contribution in [-0.2, 0) is 15.8 Å². The zero-order chi connectivity index (χ0) is 20.7. The minimum Gasteiger partial charge on any atom is -0.376 e. The second-order valence-corrected chi connectivity index (χ2v) is 5.92. The molecule has 0 unspecified atom stereocenters. The molecule has 5 nitrogen and oxygen atoms in total. The van der Waals surface area contributed by atoms with E-state index in [1.54, 1.807) is 30.3 Å². The van der Waals surface area contributed by atoms with Gasteiger partial charge in [-0.15, -0.1) is 6.58 Å². The van der Waals surface area contributed by atoms with Crippen LogP contribution in [0.4, 0.5) is 30.2 Å². The highest BCUT2D eigenvalue weighted by Crippen LogP contribution is 2.36. The van der Waals surface area contributed by atoms with Gasteiger partial charge in [0.2, 0.25) is 11.8 Å². The molecule has 2 N–H and O–H groups in total. The third kappa shape index (κ3) is 5.60. The number of alkyl halides is 3. The Bertz CT molecular complexity index is 852. The highest BCUT2D eigenvalue weighted by molar-refractivity contribution is 5.96. The van der Waals surface area contributed by atoms with Crippen LogP contribution in [0.1, 0.15) is 12.5 Å². The molecule has 28 heavy (non-hydrogen) atoms. The molecular weight excluding hydrogens is 371 g/mol. The highest BCUT2D eigenvalue weighted by atomic mass is 19.4. The van der Waals surface area contributed by atoms with Gasteiger partial charge in [0.1, 0.15) is 0 Å². The second kappa shape index (κ2) is 9.07. The smallest absolute Gasteiger partial charge is 0.376 e. The number of carbonyl (C=O) groups excluding carboxylic acids is 2. The maximum absolute atomic E-state index is 13.4. The van der Waals surface area contributed by atoms with Crippen molar-refractivity contribution in [3.8, 4) is 0 Å². The van der Waals surface area contributed by atoms with Crippen LogP contribution < -0.4 is 15.5 Å². The van der Waals surface area contributed by atoms with Crippen LogP contribution in [0.5, 0.6) is 0 Å². The summed E-state index contributed by atoms with van der Waals surface area (Å²) in [6.07, 6.45) is -3.12. The predicted octanol–water partition coefficient (Wildman–Crippen LogP) is 4.29. The first kappa shape index (κ1) is 21.0. The van der Waals surface area contributed by atoms with Crippen molar-refractivity contribution in [2.24, 2.45) is 0 Å². The Morgan fingerprint density at radius 2 is 1.82 bits per heavy atom. The molecule has 2 rings (SSSR count). The van der Waals surface area contributed by atoms with Gasteiger partial charge in [-0.25, -0.2) is 0 Å². The topological polar surface area (TPSA) is 61.4 Å². The number of rotatable bonds is 7. The Hall–Kier alpha value is -3.29. The molecule has 0 radical (unpaired) electrons. The zero-order valence-electron chi connectivity index (χ0n) is 15.2. The molecule has 148 valence electrons. The average molecular weight is 391 g/mol. The fourth-order valence-corrected chi connectivity index (χ4v) is 2.57. The molecule has 2 aromatic rings. The second-order valence-electron chi connectivity index (χ2n) is 5.92. The maximum atomic E-state index is 13.4. The van der Waals surface area contributed by atoms with Gasteiger partial charge < -0.3 is 15.5 Å². The number of hydrogen-bond donors (Lipinski definition) is 2. The van der Waals surface area contributed by atoms with Crippen molar-refractivity contribution in [2.75, 3.05) is 28.6 Å². The van der Waals surface area contributed by atoms with Gasteiger partial charge in [0, 0.05) is 30.5 Å². The molecule has 0 aromatic heterocycles. The molecule has 0 saturated carbocycles. The number of anilines is 3. The molecule has 0 atom stereocenters. The molecule has 8 heteroatoms. The lowest BCUT2D eigenvalue weighted by molar-refractivity contribution is -0.137. The van der Waals surface area contributed by atoms with Crippen molar-refractivity contribution in [1.82, 2.24) is 0 Å². The van der Waals surface area contributed by atoms with Crippen LogP contribution in [-0.4, -0.2) is 24.9 Å². The number of nitrogens with one attached hydrogen (secondary N) is 2. The van der Waals surface area contributed by atoms with Gasteiger partial charge in [0.25, 0.3) is 0 Å². The van der Waals surface area contributed by atoms with E-state index in [9.17, 15) is 22.8 Å².